The number of hydrogen-bond donors (Lipinski definition) is 2. The number of hydrogen-bond acceptors (Lipinski definition) is 3. The molecule has 112 valence electrons. The first-order valence-electron chi connectivity index (χ1n) is 7.33. The van der Waals surface area contributed by atoms with E-state index in [1.54, 1.807) is 16.9 Å². The van der Waals surface area contributed by atoms with Crippen molar-refractivity contribution in [2.45, 2.75) is 26.7 Å². The molecule has 0 saturated heterocycles. The molecule has 1 amide bonds. The maximum atomic E-state index is 12.1. The van der Waals surface area contributed by atoms with Gasteiger partial charge < -0.3 is 11.1 Å². The van der Waals surface area contributed by atoms with Gasteiger partial charge in [0.25, 0.3) is 5.91 Å². The van der Waals surface area contributed by atoms with Crippen LogP contribution in [-0.4, -0.2) is 22.2 Å². The molecule has 5 heteroatoms. The number of nitrogens with two attached hydrogens (primary N) is 1. The summed E-state index contributed by atoms with van der Waals surface area (Å²) in [6, 6.07) is 9.11. The van der Waals surface area contributed by atoms with Crippen molar-refractivity contribution in [1.29, 1.82) is 0 Å². The highest BCUT2D eigenvalue weighted by Crippen LogP contribution is 2.12. The van der Waals surface area contributed by atoms with E-state index in [0.29, 0.717) is 23.8 Å². The fourth-order valence-electron chi connectivity index (χ4n) is 2.16. The fraction of sp³-hybridized carbons (Fsp3) is 0.375. The Balaban J connectivity index is 2.04. The summed E-state index contributed by atoms with van der Waals surface area (Å²) in [5.41, 5.74) is 7.68. The van der Waals surface area contributed by atoms with Crippen LogP contribution in [0.1, 0.15) is 37.2 Å². The zero-order valence-electron chi connectivity index (χ0n) is 12.5. The molecule has 0 unspecified atom stereocenters. The second kappa shape index (κ2) is 6.92. The van der Waals surface area contributed by atoms with Gasteiger partial charge in [0.05, 0.1) is 5.69 Å². The van der Waals surface area contributed by atoms with Gasteiger partial charge in [-0.1, -0.05) is 32.8 Å². The minimum absolute atomic E-state index is 0.135. The number of carbonyl (C=O) groups is 1. The largest absolute Gasteiger partial charge is 0.399 e. The number of aromatic nitrogens is 2. The predicted molar refractivity (Wildman–Crippen MR) is 84.4 cm³/mol. The van der Waals surface area contributed by atoms with Crippen molar-refractivity contribution in [2.24, 2.45) is 5.92 Å². The molecule has 0 aliphatic carbocycles. The van der Waals surface area contributed by atoms with Crippen LogP contribution in [0, 0.1) is 5.92 Å². The maximum absolute atomic E-state index is 12.1. The molecule has 0 radical (unpaired) electrons. The molecule has 0 aliphatic rings. The average Bonchev–Trinajstić information content (AvgIpc) is 2.98. The SMILES string of the molecule is CCC(CC)CNC(=O)c1ccn(-c2cccc(N)c2)n1. The van der Waals surface area contributed by atoms with Crippen molar-refractivity contribution in [2.75, 3.05) is 12.3 Å². The van der Waals surface area contributed by atoms with Crippen LogP contribution in [0.3, 0.4) is 0 Å². The molecule has 0 aliphatic heterocycles. The number of anilines is 1. The number of amides is 1. The van der Waals surface area contributed by atoms with Gasteiger partial charge in [-0.25, -0.2) is 4.68 Å². The van der Waals surface area contributed by atoms with Crippen molar-refractivity contribution in [3.05, 3.63) is 42.2 Å². The molecule has 1 aromatic carbocycles. The molecule has 2 aromatic rings. The first kappa shape index (κ1) is 15.1. The minimum Gasteiger partial charge on any atom is -0.399 e. The van der Waals surface area contributed by atoms with Crippen LogP contribution in [0.5, 0.6) is 0 Å². The Kier molecular flexibility index (Phi) is 4.98. The summed E-state index contributed by atoms with van der Waals surface area (Å²) in [5.74, 6) is 0.384. The van der Waals surface area contributed by atoms with E-state index in [1.807, 2.05) is 24.3 Å². The van der Waals surface area contributed by atoms with Crippen LogP contribution < -0.4 is 11.1 Å². The van der Waals surface area contributed by atoms with E-state index < -0.39 is 0 Å². The van der Waals surface area contributed by atoms with E-state index in [1.165, 1.54) is 0 Å². The Morgan fingerprint density at radius 1 is 1.33 bits per heavy atom. The second-order valence-electron chi connectivity index (χ2n) is 5.13. The highest BCUT2D eigenvalue weighted by Gasteiger charge is 2.12. The molecule has 0 saturated carbocycles. The van der Waals surface area contributed by atoms with Crippen LogP contribution in [-0.2, 0) is 0 Å². The first-order chi connectivity index (χ1) is 10.1. The third kappa shape index (κ3) is 3.84. The van der Waals surface area contributed by atoms with Crippen molar-refractivity contribution < 1.29 is 4.79 Å². The lowest BCUT2D eigenvalue weighted by Crippen LogP contribution is -2.29. The number of nitrogens with one attached hydrogen (secondary N) is 1. The highest BCUT2D eigenvalue weighted by atomic mass is 16.1. The van der Waals surface area contributed by atoms with Crippen molar-refractivity contribution in [1.82, 2.24) is 15.1 Å². The standard InChI is InChI=1S/C16H22N4O/c1-3-12(4-2)11-18-16(21)15-8-9-20(19-15)14-7-5-6-13(17)10-14/h5-10,12H,3-4,11,17H2,1-2H3,(H,18,21). The van der Waals surface area contributed by atoms with Gasteiger partial charge in [-0.3, -0.25) is 4.79 Å². The van der Waals surface area contributed by atoms with Gasteiger partial charge in [-0.15, -0.1) is 0 Å². The van der Waals surface area contributed by atoms with Crippen molar-refractivity contribution in [3.8, 4) is 5.69 Å². The van der Waals surface area contributed by atoms with E-state index in [9.17, 15) is 4.79 Å². The van der Waals surface area contributed by atoms with E-state index in [-0.39, 0.29) is 5.91 Å². The van der Waals surface area contributed by atoms with E-state index in [4.69, 9.17) is 5.73 Å². The quantitative estimate of drug-likeness (QED) is 0.802. The summed E-state index contributed by atoms with van der Waals surface area (Å²) in [6.07, 6.45) is 3.89. The summed E-state index contributed by atoms with van der Waals surface area (Å²) < 4.78 is 1.66. The van der Waals surface area contributed by atoms with Gasteiger partial charge in [0, 0.05) is 18.4 Å². The molecule has 0 bridgehead atoms. The lowest BCUT2D eigenvalue weighted by atomic mass is 10.0. The van der Waals surface area contributed by atoms with Gasteiger partial charge in [0.15, 0.2) is 5.69 Å². The smallest absolute Gasteiger partial charge is 0.271 e. The number of carbonyl (C=O) groups excluding carboxylic acids is 1. The van der Waals surface area contributed by atoms with E-state index in [2.05, 4.69) is 24.3 Å². The number of nitrogen functional groups attached to an aromatic ring is 1. The normalized spacial score (nSPS) is 10.8. The fourth-order valence-corrected chi connectivity index (χ4v) is 2.16. The summed E-state index contributed by atoms with van der Waals surface area (Å²) in [5, 5.41) is 7.24. The highest BCUT2D eigenvalue weighted by molar-refractivity contribution is 5.92. The molecule has 0 atom stereocenters. The number of benzene rings is 1. The molecular weight excluding hydrogens is 264 g/mol. The summed E-state index contributed by atoms with van der Waals surface area (Å²) in [6.45, 7) is 4.96. The van der Waals surface area contributed by atoms with E-state index >= 15 is 0 Å². The monoisotopic (exact) mass is 286 g/mol. The van der Waals surface area contributed by atoms with Gasteiger partial charge in [0.2, 0.25) is 0 Å². The number of rotatable bonds is 6. The van der Waals surface area contributed by atoms with Crippen LogP contribution >= 0.6 is 0 Å². The lowest BCUT2D eigenvalue weighted by Gasteiger charge is -2.12. The van der Waals surface area contributed by atoms with Crippen molar-refractivity contribution >= 4 is 11.6 Å². The van der Waals surface area contributed by atoms with Crippen LogP contribution in [0.15, 0.2) is 36.5 Å². The van der Waals surface area contributed by atoms with Gasteiger partial charge in [-0.2, -0.15) is 5.10 Å². The second-order valence-corrected chi connectivity index (χ2v) is 5.13. The Bertz CT molecular complexity index is 602. The topological polar surface area (TPSA) is 72.9 Å². The van der Waals surface area contributed by atoms with E-state index in [0.717, 1.165) is 18.5 Å². The number of nitrogens with zero attached hydrogens (tertiary/aromatic N) is 2. The third-order valence-electron chi connectivity index (χ3n) is 3.66. The van der Waals surface area contributed by atoms with Gasteiger partial charge in [0.1, 0.15) is 0 Å². The van der Waals surface area contributed by atoms with Crippen LogP contribution in [0.2, 0.25) is 0 Å². The van der Waals surface area contributed by atoms with Gasteiger partial charge in [-0.05, 0) is 30.2 Å². The molecule has 5 nitrogen and oxygen atoms in total. The predicted octanol–water partition coefficient (Wildman–Crippen LogP) is 2.62. The average molecular weight is 286 g/mol. The zero-order chi connectivity index (χ0) is 15.2. The molecule has 2 rings (SSSR count). The molecule has 3 N–H and O–H groups in total. The first-order valence-corrected chi connectivity index (χ1v) is 7.33. The van der Waals surface area contributed by atoms with Gasteiger partial charge >= 0.3 is 0 Å². The molecule has 0 spiro atoms. The molecule has 21 heavy (non-hydrogen) atoms. The lowest BCUT2D eigenvalue weighted by molar-refractivity contribution is 0.0941. The van der Waals surface area contributed by atoms with Crippen LogP contribution in [0.4, 0.5) is 5.69 Å². The Morgan fingerprint density at radius 2 is 2.10 bits per heavy atom. The minimum atomic E-state index is -0.135. The Morgan fingerprint density at radius 3 is 2.76 bits per heavy atom. The maximum Gasteiger partial charge on any atom is 0.271 e. The summed E-state index contributed by atoms with van der Waals surface area (Å²) >= 11 is 0. The molecule has 1 aromatic heterocycles. The Hall–Kier alpha value is -2.30. The summed E-state index contributed by atoms with van der Waals surface area (Å²) in [4.78, 5) is 12.1. The molecule has 1 heterocycles. The third-order valence-corrected chi connectivity index (χ3v) is 3.66. The van der Waals surface area contributed by atoms with Crippen molar-refractivity contribution in [3.63, 3.8) is 0 Å². The zero-order valence-corrected chi connectivity index (χ0v) is 12.5. The van der Waals surface area contributed by atoms with Crippen LogP contribution in [0.25, 0.3) is 5.69 Å². The Labute approximate surface area is 125 Å². The molecular formula is C16H22N4O. The molecule has 0 fully saturated rings. The summed E-state index contributed by atoms with van der Waals surface area (Å²) in [7, 11) is 0.